The van der Waals surface area contributed by atoms with Crippen LogP contribution in [-0.4, -0.2) is 23.6 Å². The molecule has 1 saturated carbocycles. The summed E-state index contributed by atoms with van der Waals surface area (Å²) in [6, 6.07) is 0. The minimum Gasteiger partial charge on any atom is -0.312 e. The van der Waals surface area contributed by atoms with Crippen molar-refractivity contribution < 1.29 is 0 Å². The zero-order chi connectivity index (χ0) is 13.6. The molecule has 0 amide bonds. The predicted molar refractivity (Wildman–Crippen MR) is 85.4 cm³/mol. The van der Waals surface area contributed by atoms with Crippen LogP contribution in [0.5, 0.6) is 0 Å². The van der Waals surface area contributed by atoms with E-state index in [9.17, 15) is 0 Å². The zero-order valence-corrected chi connectivity index (χ0v) is 13.9. The van der Waals surface area contributed by atoms with E-state index >= 15 is 0 Å². The minimum atomic E-state index is 0.270. The molecule has 3 atom stereocenters. The summed E-state index contributed by atoms with van der Waals surface area (Å²) in [6.45, 7) is 12.8. The number of hydrogen-bond acceptors (Lipinski definition) is 2. The van der Waals surface area contributed by atoms with E-state index in [-0.39, 0.29) is 5.54 Å². The van der Waals surface area contributed by atoms with Crippen molar-refractivity contribution in [2.75, 3.05) is 18.1 Å². The lowest BCUT2D eigenvalue weighted by molar-refractivity contribution is 0.171. The Bertz CT molecular complexity index is 222. The highest BCUT2D eigenvalue weighted by atomic mass is 32.2. The molecule has 18 heavy (non-hydrogen) atoms. The maximum Gasteiger partial charge on any atom is 0.00966 e. The molecule has 1 aliphatic carbocycles. The zero-order valence-electron chi connectivity index (χ0n) is 13.1. The molecule has 0 aromatic carbocycles. The monoisotopic (exact) mass is 271 g/mol. The molecule has 3 unspecified atom stereocenters. The van der Waals surface area contributed by atoms with Crippen LogP contribution in [0.4, 0.5) is 0 Å². The number of nitrogens with one attached hydrogen (secondary N) is 1. The van der Waals surface area contributed by atoms with Gasteiger partial charge in [0.2, 0.25) is 0 Å². The average Bonchev–Trinajstić information content (AvgIpc) is 2.27. The smallest absolute Gasteiger partial charge is 0.00966 e. The largest absolute Gasteiger partial charge is 0.312 e. The van der Waals surface area contributed by atoms with Crippen LogP contribution in [0.1, 0.15) is 60.3 Å². The first-order valence-corrected chi connectivity index (χ1v) is 8.90. The summed E-state index contributed by atoms with van der Waals surface area (Å²) in [5.74, 6) is 5.46. The molecule has 1 nitrogen and oxygen atoms in total. The Kier molecular flexibility index (Phi) is 7.08. The summed E-state index contributed by atoms with van der Waals surface area (Å²) in [6.07, 6.45) is 5.76. The second-order valence-corrected chi connectivity index (χ2v) is 8.45. The van der Waals surface area contributed by atoms with E-state index in [0.717, 1.165) is 17.8 Å². The molecule has 0 aromatic heterocycles. The maximum atomic E-state index is 3.72. The average molecular weight is 272 g/mol. The SMILES string of the molecule is CCSCCC1CC(C)CCC1CNC(C)(C)C. The summed E-state index contributed by atoms with van der Waals surface area (Å²) in [5.41, 5.74) is 0.270. The molecule has 108 valence electrons. The molecule has 1 N–H and O–H groups in total. The van der Waals surface area contributed by atoms with E-state index in [1.165, 1.54) is 43.7 Å². The molecule has 0 heterocycles. The van der Waals surface area contributed by atoms with Gasteiger partial charge in [-0.05, 0) is 75.8 Å². The molecule has 0 bridgehead atoms. The third-order valence-corrected chi connectivity index (χ3v) is 5.07. The van der Waals surface area contributed by atoms with E-state index in [1.807, 2.05) is 0 Å². The van der Waals surface area contributed by atoms with E-state index < -0.39 is 0 Å². The van der Waals surface area contributed by atoms with Crippen LogP contribution in [0.25, 0.3) is 0 Å². The van der Waals surface area contributed by atoms with Crippen molar-refractivity contribution in [2.45, 2.75) is 65.8 Å². The van der Waals surface area contributed by atoms with Crippen molar-refractivity contribution >= 4 is 11.8 Å². The number of hydrogen-bond donors (Lipinski definition) is 1. The Morgan fingerprint density at radius 2 is 1.89 bits per heavy atom. The van der Waals surface area contributed by atoms with Crippen LogP contribution in [0.2, 0.25) is 0 Å². The quantitative estimate of drug-likeness (QED) is 0.710. The van der Waals surface area contributed by atoms with Gasteiger partial charge in [0.1, 0.15) is 0 Å². The van der Waals surface area contributed by atoms with Crippen molar-refractivity contribution in [1.29, 1.82) is 0 Å². The van der Waals surface area contributed by atoms with Gasteiger partial charge in [-0.25, -0.2) is 0 Å². The first-order valence-electron chi connectivity index (χ1n) is 7.75. The van der Waals surface area contributed by atoms with Crippen molar-refractivity contribution in [1.82, 2.24) is 5.32 Å². The summed E-state index contributed by atoms with van der Waals surface area (Å²) >= 11 is 2.11. The van der Waals surface area contributed by atoms with Crippen molar-refractivity contribution in [3.8, 4) is 0 Å². The lowest BCUT2D eigenvalue weighted by Gasteiger charge is -2.37. The van der Waals surface area contributed by atoms with Crippen molar-refractivity contribution in [2.24, 2.45) is 17.8 Å². The Hall–Kier alpha value is 0.310. The normalized spacial score (nSPS) is 29.5. The van der Waals surface area contributed by atoms with Crippen LogP contribution < -0.4 is 5.32 Å². The fraction of sp³-hybridized carbons (Fsp3) is 1.00. The lowest BCUT2D eigenvalue weighted by Crippen LogP contribution is -2.42. The van der Waals surface area contributed by atoms with Crippen LogP contribution in [0, 0.1) is 17.8 Å². The standard InChI is InChI=1S/C16H33NS/c1-6-18-10-9-14-11-13(2)7-8-15(14)12-17-16(3,4)5/h13-15,17H,6-12H2,1-5H3. The molecular weight excluding hydrogens is 238 g/mol. The second-order valence-electron chi connectivity index (χ2n) is 7.05. The van der Waals surface area contributed by atoms with Gasteiger partial charge in [0.05, 0.1) is 0 Å². The van der Waals surface area contributed by atoms with Gasteiger partial charge in [0.25, 0.3) is 0 Å². The van der Waals surface area contributed by atoms with Gasteiger partial charge in [-0.3, -0.25) is 0 Å². The summed E-state index contributed by atoms with van der Waals surface area (Å²) in [4.78, 5) is 0. The number of thioether (sulfide) groups is 1. The first kappa shape index (κ1) is 16.4. The molecule has 1 rings (SSSR count). The van der Waals surface area contributed by atoms with Gasteiger partial charge in [-0.15, -0.1) is 0 Å². The summed E-state index contributed by atoms with van der Waals surface area (Å²) < 4.78 is 0. The highest BCUT2D eigenvalue weighted by Crippen LogP contribution is 2.36. The number of rotatable bonds is 6. The Morgan fingerprint density at radius 3 is 2.50 bits per heavy atom. The molecule has 0 radical (unpaired) electrons. The molecular formula is C16H33NS. The van der Waals surface area contributed by atoms with Gasteiger partial charge < -0.3 is 5.32 Å². The predicted octanol–water partition coefficient (Wildman–Crippen LogP) is 4.57. The molecule has 0 spiro atoms. The van der Waals surface area contributed by atoms with Crippen LogP contribution in [0.15, 0.2) is 0 Å². The Labute approximate surface area is 119 Å². The third-order valence-electron chi connectivity index (χ3n) is 4.13. The molecule has 0 saturated heterocycles. The van der Waals surface area contributed by atoms with Gasteiger partial charge >= 0.3 is 0 Å². The summed E-state index contributed by atoms with van der Waals surface area (Å²) in [7, 11) is 0. The topological polar surface area (TPSA) is 12.0 Å². The first-order chi connectivity index (χ1) is 8.42. The van der Waals surface area contributed by atoms with Gasteiger partial charge in [0, 0.05) is 5.54 Å². The van der Waals surface area contributed by atoms with E-state index in [1.54, 1.807) is 0 Å². The van der Waals surface area contributed by atoms with Gasteiger partial charge in [0.15, 0.2) is 0 Å². The Balaban J connectivity index is 2.40. The molecule has 0 aromatic rings. The highest BCUT2D eigenvalue weighted by Gasteiger charge is 2.28. The van der Waals surface area contributed by atoms with E-state index in [0.29, 0.717) is 0 Å². The summed E-state index contributed by atoms with van der Waals surface area (Å²) in [5, 5.41) is 3.72. The van der Waals surface area contributed by atoms with E-state index in [2.05, 4.69) is 51.7 Å². The lowest BCUT2D eigenvalue weighted by atomic mass is 9.73. The molecule has 0 aliphatic heterocycles. The third kappa shape index (κ3) is 6.47. The Morgan fingerprint density at radius 1 is 1.17 bits per heavy atom. The molecule has 1 fully saturated rings. The molecule has 2 heteroatoms. The van der Waals surface area contributed by atoms with Crippen LogP contribution in [0.3, 0.4) is 0 Å². The van der Waals surface area contributed by atoms with Gasteiger partial charge in [-0.1, -0.05) is 20.3 Å². The van der Waals surface area contributed by atoms with E-state index in [4.69, 9.17) is 0 Å². The van der Waals surface area contributed by atoms with Crippen molar-refractivity contribution in [3.05, 3.63) is 0 Å². The second kappa shape index (κ2) is 7.79. The highest BCUT2D eigenvalue weighted by molar-refractivity contribution is 7.99. The van der Waals surface area contributed by atoms with Crippen molar-refractivity contribution in [3.63, 3.8) is 0 Å². The van der Waals surface area contributed by atoms with Gasteiger partial charge in [-0.2, -0.15) is 11.8 Å². The fourth-order valence-corrected chi connectivity index (χ4v) is 3.76. The molecule has 1 aliphatic rings. The van der Waals surface area contributed by atoms with Crippen LogP contribution >= 0.6 is 11.8 Å². The maximum absolute atomic E-state index is 3.72. The minimum absolute atomic E-state index is 0.270. The van der Waals surface area contributed by atoms with Crippen LogP contribution in [-0.2, 0) is 0 Å². The fourth-order valence-electron chi connectivity index (χ4n) is 3.00.